The Labute approximate surface area is 169 Å². The Hall–Kier alpha value is -3.67. The number of esters is 1. The minimum atomic E-state index is -0.828. The highest BCUT2D eigenvalue weighted by molar-refractivity contribution is 5.92. The molecule has 3 rings (SSSR count). The number of carbonyl (C=O) groups is 1. The standard InChI is InChI=1S/C23H22N2O4/c1-14(2)23(27)29-16(4)28-18-12-15(3)22(26)21(13-18)25-24-20-11-7-9-17-8-5-6-10-19(17)20/h5-13,16,26H,1H2,2-4H3. The third kappa shape index (κ3) is 4.79. The van der Waals surface area contributed by atoms with Gasteiger partial charge in [-0.2, -0.15) is 0 Å². The molecule has 0 amide bonds. The molecule has 0 saturated carbocycles. The van der Waals surface area contributed by atoms with E-state index in [4.69, 9.17) is 9.47 Å². The van der Waals surface area contributed by atoms with Crippen LogP contribution < -0.4 is 4.74 Å². The lowest BCUT2D eigenvalue weighted by Crippen LogP contribution is -2.21. The summed E-state index contributed by atoms with van der Waals surface area (Å²) in [6.45, 7) is 8.42. The molecule has 6 heteroatoms. The molecule has 0 spiro atoms. The van der Waals surface area contributed by atoms with E-state index in [-0.39, 0.29) is 17.0 Å². The maximum absolute atomic E-state index is 11.6. The molecular formula is C23H22N2O4. The van der Waals surface area contributed by atoms with Crippen molar-refractivity contribution in [3.8, 4) is 11.5 Å². The maximum Gasteiger partial charge on any atom is 0.336 e. The van der Waals surface area contributed by atoms with Crippen LogP contribution in [0.4, 0.5) is 11.4 Å². The van der Waals surface area contributed by atoms with Gasteiger partial charge >= 0.3 is 5.97 Å². The number of nitrogens with zero attached hydrogens (tertiary/aromatic N) is 2. The number of hydrogen-bond acceptors (Lipinski definition) is 6. The number of benzene rings is 3. The predicted molar refractivity (Wildman–Crippen MR) is 112 cm³/mol. The fraction of sp³-hybridized carbons (Fsp3) is 0.174. The van der Waals surface area contributed by atoms with Crippen molar-refractivity contribution < 1.29 is 19.4 Å². The predicted octanol–water partition coefficient (Wildman–Crippen LogP) is 6.11. The minimum Gasteiger partial charge on any atom is -0.505 e. The van der Waals surface area contributed by atoms with Crippen LogP contribution in [0.3, 0.4) is 0 Å². The molecular weight excluding hydrogens is 368 g/mol. The maximum atomic E-state index is 11.6. The summed E-state index contributed by atoms with van der Waals surface area (Å²) in [5.41, 5.74) is 1.79. The monoisotopic (exact) mass is 390 g/mol. The summed E-state index contributed by atoms with van der Waals surface area (Å²) in [5, 5.41) is 20.9. The first-order valence-corrected chi connectivity index (χ1v) is 9.11. The lowest BCUT2D eigenvalue weighted by Gasteiger charge is -2.16. The molecule has 0 fully saturated rings. The molecule has 29 heavy (non-hydrogen) atoms. The van der Waals surface area contributed by atoms with Gasteiger partial charge in [0.15, 0.2) is 0 Å². The van der Waals surface area contributed by atoms with E-state index in [9.17, 15) is 9.90 Å². The Morgan fingerprint density at radius 1 is 1.07 bits per heavy atom. The summed E-state index contributed by atoms with van der Waals surface area (Å²) in [6.07, 6.45) is -0.828. The Bertz CT molecular complexity index is 1100. The van der Waals surface area contributed by atoms with Gasteiger partial charge in [-0.1, -0.05) is 43.0 Å². The highest BCUT2D eigenvalue weighted by atomic mass is 16.7. The highest BCUT2D eigenvalue weighted by Gasteiger charge is 2.14. The first-order valence-electron chi connectivity index (χ1n) is 9.11. The van der Waals surface area contributed by atoms with Crippen molar-refractivity contribution in [2.24, 2.45) is 10.2 Å². The molecule has 0 aliphatic carbocycles. The highest BCUT2D eigenvalue weighted by Crippen LogP contribution is 2.36. The molecule has 148 valence electrons. The summed E-state index contributed by atoms with van der Waals surface area (Å²) in [5.74, 6) is -0.133. The second-order valence-corrected chi connectivity index (χ2v) is 6.68. The third-order valence-electron chi connectivity index (χ3n) is 4.21. The molecule has 3 aromatic carbocycles. The lowest BCUT2D eigenvalue weighted by molar-refractivity contribution is -0.156. The molecule has 0 radical (unpaired) electrons. The van der Waals surface area contributed by atoms with E-state index in [0.717, 1.165) is 10.8 Å². The zero-order valence-electron chi connectivity index (χ0n) is 16.5. The van der Waals surface area contributed by atoms with Crippen LogP contribution in [0.25, 0.3) is 10.8 Å². The van der Waals surface area contributed by atoms with Crippen molar-refractivity contribution in [2.45, 2.75) is 27.1 Å². The summed E-state index contributed by atoms with van der Waals surface area (Å²) in [4.78, 5) is 11.6. The van der Waals surface area contributed by atoms with Crippen molar-refractivity contribution in [1.29, 1.82) is 0 Å². The lowest BCUT2D eigenvalue weighted by atomic mass is 10.1. The Kier molecular flexibility index (Phi) is 5.93. The second-order valence-electron chi connectivity index (χ2n) is 6.68. The number of azo groups is 1. The zero-order valence-corrected chi connectivity index (χ0v) is 16.5. The SMILES string of the molecule is C=C(C)C(=O)OC(C)Oc1cc(C)c(O)c(N=Nc2cccc3ccccc23)c1. The van der Waals surface area contributed by atoms with Gasteiger partial charge in [0.1, 0.15) is 17.2 Å². The van der Waals surface area contributed by atoms with Crippen LogP contribution >= 0.6 is 0 Å². The van der Waals surface area contributed by atoms with Crippen LogP contribution in [0.1, 0.15) is 19.4 Å². The van der Waals surface area contributed by atoms with Crippen LogP contribution in [0.2, 0.25) is 0 Å². The number of phenols is 1. The van der Waals surface area contributed by atoms with Crippen molar-refractivity contribution in [3.63, 3.8) is 0 Å². The van der Waals surface area contributed by atoms with Crippen LogP contribution in [-0.4, -0.2) is 17.4 Å². The van der Waals surface area contributed by atoms with Gasteiger partial charge in [0, 0.05) is 23.9 Å². The molecule has 0 aromatic heterocycles. The first kappa shape index (κ1) is 20.1. The van der Waals surface area contributed by atoms with E-state index in [0.29, 0.717) is 17.0 Å². The molecule has 6 nitrogen and oxygen atoms in total. The molecule has 0 bridgehead atoms. The van der Waals surface area contributed by atoms with E-state index in [1.807, 2.05) is 42.5 Å². The van der Waals surface area contributed by atoms with E-state index >= 15 is 0 Å². The van der Waals surface area contributed by atoms with Gasteiger partial charge in [-0.3, -0.25) is 0 Å². The molecule has 1 N–H and O–H groups in total. The van der Waals surface area contributed by atoms with Gasteiger partial charge in [0.25, 0.3) is 0 Å². The number of fused-ring (bicyclic) bond motifs is 1. The first-order chi connectivity index (χ1) is 13.8. The fourth-order valence-corrected chi connectivity index (χ4v) is 2.74. The molecule has 0 aliphatic heterocycles. The number of rotatable bonds is 6. The summed E-state index contributed by atoms with van der Waals surface area (Å²) < 4.78 is 10.8. The van der Waals surface area contributed by atoms with Crippen LogP contribution in [-0.2, 0) is 9.53 Å². The zero-order chi connectivity index (χ0) is 21.0. The largest absolute Gasteiger partial charge is 0.505 e. The van der Waals surface area contributed by atoms with Gasteiger partial charge < -0.3 is 14.6 Å². The van der Waals surface area contributed by atoms with Crippen molar-refractivity contribution in [1.82, 2.24) is 0 Å². The number of carbonyl (C=O) groups excluding carboxylic acids is 1. The van der Waals surface area contributed by atoms with Gasteiger partial charge in [0.2, 0.25) is 6.29 Å². The number of hydrogen-bond donors (Lipinski definition) is 1. The summed E-state index contributed by atoms with van der Waals surface area (Å²) >= 11 is 0. The van der Waals surface area contributed by atoms with Crippen molar-refractivity contribution in [2.75, 3.05) is 0 Å². The van der Waals surface area contributed by atoms with Gasteiger partial charge in [0.05, 0.1) is 5.69 Å². The molecule has 0 saturated heterocycles. The Morgan fingerprint density at radius 3 is 2.52 bits per heavy atom. The summed E-state index contributed by atoms with van der Waals surface area (Å²) in [6, 6.07) is 16.8. The minimum absolute atomic E-state index is 0.00733. The van der Waals surface area contributed by atoms with E-state index in [2.05, 4.69) is 16.8 Å². The van der Waals surface area contributed by atoms with E-state index in [1.54, 1.807) is 32.9 Å². The molecule has 1 unspecified atom stereocenters. The van der Waals surface area contributed by atoms with Crippen LogP contribution in [0.5, 0.6) is 11.5 Å². The average Bonchev–Trinajstić information content (AvgIpc) is 2.69. The molecule has 0 aliphatic rings. The smallest absolute Gasteiger partial charge is 0.336 e. The topological polar surface area (TPSA) is 80.5 Å². The van der Waals surface area contributed by atoms with E-state index < -0.39 is 12.3 Å². The number of ether oxygens (including phenoxy) is 2. The van der Waals surface area contributed by atoms with Crippen LogP contribution in [0.15, 0.2) is 77.0 Å². The van der Waals surface area contributed by atoms with E-state index in [1.165, 1.54) is 0 Å². The van der Waals surface area contributed by atoms with Gasteiger partial charge in [-0.25, -0.2) is 4.79 Å². The third-order valence-corrected chi connectivity index (χ3v) is 4.21. The molecule has 1 atom stereocenters. The van der Waals surface area contributed by atoms with Crippen molar-refractivity contribution in [3.05, 3.63) is 72.3 Å². The second kappa shape index (κ2) is 8.56. The quantitative estimate of drug-likeness (QED) is 0.238. The average molecular weight is 390 g/mol. The summed E-state index contributed by atoms with van der Waals surface area (Å²) in [7, 11) is 0. The molecule has 0 heterocycles. The van der Waals surface area contributed by atoms with Crippen molar-refractivity contribution >= 4 is 28.1 Å². The number of phenolic OH excluding ortho intramolecular Hbond substituents is 1. The normalized spacial score (nSPS) is 12.1. The van der Waals surface area contributed by atoms with Gasteiger partial charge in [-0.15, -0.1) is 10.2 Å². The number of aromatic hydroxyl groups is 1. The Balaban J connectivity index is 1.86. The number of aryl methyl sites for hydroxylation is 1. The molecule has 3 aromatic rings. The fourth-order valence-electron chi connectivity index (χ4n) is 2.74. The van der Waals surface area contributed by atoms with Crippen LogP contribution in [0, 0.1) is 6.92 Å². The Morgan fingerprint density at radius 2 is 1.76 bits per heavy atom. The van der Waals surface area contributed by atoms with Gasteiger partial charge in [-0.05, 0) is 36.9 Å².